The van der Waals surface area contributed by atoms with E-state index in [9.17, 15) is 4.79 Å². The lowest BCUT2D eigenvalue weighted by molar-refractivity contribution is 0.181. The van der Waals surface area contributed by atoms with Crippen LogP contribution in [0.2, 0.25) is 0 Å². The number of carbonyl (C=O) groups excluding carboxylic acids is 1. The van der Waals surface area contributed by atoms with Gasteiger partial charge in [0.15, 0.2) is 0 Å². The van der Waals surface area contributed by atoms with Crippen molar-refractivity contribution in [2.24, 2.45) is 0 Å². The Hall–Kier alpha value is -3.79. The predicted octanol–water partition coefficient (Wildman–Crippen LogP) is 5.90. The number of rotatable bonds is 5. The highest BCUT2D eigenvalue weighted by molar-refractivity contribution is 5.76. The Labute approximate surface area is 195 Å². The van der Waals surface area contributed by atoms with Gasteiger partial charge in [0.2, 0.25) is 0 Å². The number of para-hydroxylation sites is 1. The van der Waals surface area contributed by atoms with E-state index >= 15 is 0 Å². The van der Waals surface area contributed by atoms with Crippen LogP contribution in [0.5, 0.6) is 0 Å². The van der Waals surface area contributed by atoms with Crippen molar-refractivity contribution in [3.8, 4) is 5.69 Å². The van der Waals surface area contributed by atoms with Crippen LogP contribution in [0, 0.1) is 0 Å². The minimum atomic E-state index is -0.171. The standard InChI is InChI=1S/C29H29N3O/c1-2-22-14-16-24(17-15-22)28-27-13-8-20-31(27)26-12-7-6-11-25(26)21-32(28)29(33)30-19-18-23-9-4-3-5-10-23/h3-17,20,28H,2,18-19,21H2,1H3,(H,30,33). The van der Waals surface area contributed by atoms with Gasteiger partial charge in [0.25, 0.3) is 0 Å². The van der Waals surface area contributed by atoms with E-state index in [2.05, 4.69) is 89.7 Å². The van der Waals surface area contributed by atoms with Crippen molar-refractivity contribution in [3.05, 3.63) is 125 Å². The Morgan fingerprint density at radius 3 is 2.42 bits per heavy atom. The number of nitrogens with zero attached hydrogens (tertiary/aromatic N) is 2. The number of nitrogens with one attached hydrogen (secondary N) is 1. The molecule has 0 radical (unpaired) electrons. The predicted molar refractivity (Wildman–Crippen MR) is 133 cm³/mol. The summed E-state index contributed by atoms with van der Waals surface area (Å²) in [6, 6.07) is 31.3. The van der Waals surface area contributed by atoms with Crippen LogP contribution >= 0.6 is 0 Å². The second kappa shape index (κ2) is 9.37. The van der Waals surface area contributed by atoms with Crippen molar-refractivity contribution >= 4 is 6.03 Å². The molecule has 1 aliphatic rings. The molecule has 5 rings (SSSR count). The van der Waals surface area contributed by atoms with Gasteiger partial charge in [-0.05, 0) is 53.3 Å². The minimum Gasteiger partial charge on any atom is -0.338 e. The summed E-state index contributed by atoms with van der Waals surface area (Å²) in [7, 11) is 0. The summed E-state index contributed by atoms with van der Waals surface area (Å²) < 4.78 is 2.23. The first-order valence-corrected chi connectivity index (χ1v) is 11.7. The van der Waals surface area contributed by atoms with Crippen LogP contribution in [-0.2, 0) is 19.4 Å². The van der Waals surface area contributed by atoms with Crippen molar-refractivity contribution in [1.29, 1.82) is 0 Å². The van der Waals surface area contributed by atoms with E-state index in [4.69, 9.17) is 0 Å². The summed E-state index contributed by atoms with van der Waals surface area (Å²) in [6.45, 7) is 3.31. The third kappa shape index (κ3) is 4.29. The quantitative estimate of drug-likeness (QED) is 0.417. The number of benzene rings is 3. The lowest BCUT2D eigenvalue weighted by Crippen LogP contribution is -2.42. The Morgan fingerprint density at radius 2 is 1.64 bits per heavy atom. The van der Waals surface area contributed by atoms with Gasteiger partial charge < -0.3 is 14.8 Å². The van der Waals surface area contributed by atoms with Crippen LogP contribution < -0.4 is 5.32 Å². The molecule has 33 heavy (non-hydrogen) atoms. The molecule has 1 unspecified atom stereocenters. The normalized spacial score (nSPS) is 14.8. The van der Waals surface area contributed by atoms with Crippen LogP contribution in [-0.4, -0.2) is 22.0 Å². The van der Waals surface area contributed by atoms with Crippen molar-refractivity contribution in [3.63, 3.8) is 0 Å². The zero-order valence-electron chi connectivity index (χ0n) is 18.9. The first kappa shape index (κ1) is 21.1. The Kier molecular flexibility index (Phi) is 5.99. The SMILES string of the molecule is CCc1ccc(C2c3cccn3-c3ccccc3CN2C(=O)NCCc2ccccc2)cc1. The van der Waals surface area contributed by atoms with Crippen molar-refractivity contribution < 1.29 is 4.79 Å². The van der Waals surface area contributed by atoms with Crippen molar-refractivity contribution in [1.82, 2.24) is 14.8 Å². The van der Waals surface area contributed by atoms with E-state index in [0.29, 0.717) is 13.1 Å². The molecule has 4 heteroatoms. The zero-order valence-corrected chi connectivity index (χ0v) is 18.9. The van der Waals surface area contributed by atoms with Gasteiger partial charge in [0, 0.05) is 18.4 Å². The molecule has 1 atom stereocenters. The fourth-order valence-corrected chi connectivity index (χ4v) is 4.69. The molecule has 0 bridgehead atoms. The average Bonchev–Trinajstić information content (AvgIpc) is 3.29. The average molecular weight is 436 g/mol. The van der Waals surface area contributed by atoms with E-state index in [-0.39, 0.29) is 12.1 Å². The highest BCUT2D eigenvalue weighted by Crippen LogP contribution is 2.36. The molecule has 1 N–H and O–H groups in total. The van der Waals surface area contributed by atoms with Gasteiger partial charge in [0.05, 0.1) is 18.3 Å². The maximum Gasteiger partial charge on any atom is 0.318 e. The number of hydrogen-bond acceptors (Lipinski definition) is 1. The number of urea groups is 1. The van der Waals surface area contributed by atoms with E-state index in [1.165, 1.54) is 11.1 Å². The summed E-state index contributed by atoms with van der Waals surface area (Å²) in [5.74, 6) is 0. The monoisotopic (exact) mass is 435 g/mol. The summed E-state index contributed by atoms with van der Waals surface area (Å²) >= 11 is 0. The van der Waals surface area contributed by atoms with Gasteiger partial charge in [0.1, 0.15) is 0 Å². The molecule has 1 aliphatic heterocycles. The molecule has 2 heterocycles. The number of carbonyl (C=O) groups is 1. The molecule has 1 aromatic heterocycles. The van der Waals surface area contributed by atoms with Crippen molar-refractivity contribution in [2.75, 3.05) is 6.54 Å². The molecule has 166 valence electrons. The number of aryl methyl sites for hydroxylation is 1. The summed E-state index contributed by atoms with van der Waals surface area (Å²) in [5, 5.41) is 3.18. The Bertz CT molecular complexity index is 1230. The summed E-state index contributed by atoms with van der Waals surface area (Å²) in [6.07, 6.45) is 3.90. The molecule has 4 aromatic rings. The minimum absolute atomic E-state index is 0.0417. The maximum absolute atomic E-state index is 13.6. The molecule has 0 fully saturated rings. The van der Waals surface area contributed by atoms with E-state index in [0.717, 1.165) is 35.3 Å². The smallest absolute Gasteiger partial charge is 0.318 e. The van der Waals surface area contributed by atoms with Crippen LogP contribution in [0.25, 0.3) is 5.69 Å². The molecule has 0 saturated heterocycles. The lowest BCUT2D eigenvalue weighted by Gasteiger charge is -2.31. The summed E-state index contributed by atoms with van der Waals surface area (Å²) in [4.78, 5) is 15.6. The van der Waals surface area contributed by atoms with Crippen LogP contribution in [0.3, 0.4) is 0 Å². The van der Waals surface area contributed by atoms with E-state index in [1.807, 2.05) is 29.2 Å². The lowest BCUT2D eigenvalue weighted by atomic mass is 10.00. The Balaban J connectivity index is 1.49. The summed E-state index contributed by atoms with van der Waals surface area (Å²) in [5.41, 5.74) is 7.01. The van der Waals surface area contributed by atoms with Crippen LogP contribution in [0.1, 0.15) is 40.9 Å². The molecular weight excluding hydrogens is 406 g/mol. The number of hydrogen-bond donors (Lipinski definition) is 1. The highest BCUT2D eigenvalue weighted by atomic mass is 16.2. The molecule has 4 nitrogen and oxygen atoms in total. The first-order valence-electron chi connectivity index (χ1n) is 11.7. The second-order valence-electron chi connectivity index (χ2n) is 8.52. The second-order valence-corrected chi connectivity index (χ2v) is 8.52. The number of fused-ring (bicyclic) bond motifs is 3. The van der Waals surface area contributed by atoms with Gasteiger partial charge in [-0.3, -0.25) is 0 Å². The van der Waals surface area contributed by atoms with Gasteiger partial charge in [-0.25, -0.2) is 4.79 Å². The van der Waals surface area contributed by atoms with Crippen molar-refractivity contribution in [2.45, 2.75) is 32.4 Å². The molecule has 0 spiro atoms. The number of amides is 2. The van der Waals surface area contributed by atoms with Crippen LogP contribution in [0.4, 0.5) is 4.79 Å². The molecule has 2 amide bonds. The largest absolute Gasteiger partial charge is 0.338 e. The third-order valence-electron chi connectivity index (χ3n) is 6.46. The fraction of sp³-hybridized carbons (Fsp3) is 0.207. The van der Waals surface area contributed by atoms with Crippen LogP contribution in [0.15, 0.2) is 97.2 Å². The molecule has 0 saturated carbocycles. The fourth-order valence-electron chi connectivity index (χ4n) is 4.69. The van der Waals surface area contributed by atoms with Gasteiger partial charge in [-0.2, -0.15) is 0 Å². The third-order valence-corrected chi connectivity index (χ3v) is 6.46. The topological polar surface area (TPSA) is 37.3 Å². The van der Waals surface area contributed by atoms with E-state index < -0.39 is 0 Å². The maximum atomic E-state index is 13.6. The van der Waals surface area contributed by atoms with Gasteiger partial charge in [-0.15, -0.1) is 0 Å². The molecular formula is C29H29N3O. The van der Waals surface area contributed by atoms with Gasteiger partial charge >= 0.3 is 6.03 Å². The highest BCUT2D eigenvalue weighted by Gasteiger charge is 2.32. The molecule has 0 aliphatic carbocycles. The van der Waals surface area contributed by atoms with Gasteiger partial charge in [-0.1, -0.05) is 79.7 Å². The Morgan fingerprint density at radius 1 is 0.879 bits per heavy atom. The molecule has 3 aromatic carbocycles. The number of aromatic nitrogens is 1. The zero-order chi connectivity index (χ0) is 22.6. The van der Waals surface area contributed by atoms with E-state index in [1.54, 1.807) is 0 Å². The first-order chi connectivity index (χ1) is 16.2.